The normalized spacial score (nSPS) is 13.4. The largest absolute Gasteiger partial charge is 0.370 e. The van der Waals surface area contributed by atoms with Gasteiger partial charge in [0.1, 0.15) is 12.4 Å². The van der Waals surface area contributed by atoms with E-state index < -0.39 is 0 Å². The number of nitrogens with two attached hydrogens (primary N) is 1. The Labute approximate surface area is 195 Å². The second-order valence-corrected chi connectivity index (χ2v) is 7.60. The van der Waals surface area contributed by atoms with Crippen molar-refractivity contribution in [2.45, 2.75) is 51.6 Å². The number of anilines is 1. The molecular formula is C24H30IN5. The van der Waals surface area contributed by atoms with Crippen molar-refractivity contribution in [1.29, 1.82) is 0 Å². The zero-order valence-electron chi connectivity index (χ0n) is 17.3. The Bertz CT molecular complexity index is 965. The molecule has 6 heteroatoms. The molecule has 2 aromatic carbocycles. The molecule has 3 aromatic rings. The summed E-state index contributed by atoms with van der Waals surface area (Å²) >= 11 is 0. The summed E-state index contributed by atoms with van der Waals surface area (Å²) in [5, 5.41) is 3.31. The monoisotopic (exact) mass is 515 g/mol. The molecule has 0 spiro atoms. The molecular weight excluding hydrogens is 485 g/mol. The number of aromatic nitrogens is 2. The SMILES string of the molecule is I.NC(=NCc1nccn1CCCc1ccccc1)Nc1cccc2c1CCCC2. The molecule has 0 saturated carbocycles. The van der Waals surface area contributed by atoms with Crippen LogP contribution in [0.4, 0.5) is 5.69 Å². The van der Waals surface area contributed by atoms with Crippen LogP contribution in [0.3, 0.4) is 0 Å². The number of halogens is 1. The first-order valence-electron chi connectivity index (χ1n) is 10.5. The van der Waals surface area contributed by atoms with Gasteiger partial charge in [0.15, 0.2) is 5.96 Å². The molecule has 0 radical (unpaired) electrons. The van der Waals surface area contributed by atoms with E-state index in [9.17, 15) is 0 Å². The van der Waals surface area contributed by atoms with Gasteiger partial charge in [-0.2, -0.15) is 0 Å². The number of nitrogens with one attached hydrogen (secondary N) is 1. The number of aliphatic imine (C=N–C) groups is 1. The van der Waals surface area contributed by atoms with E-state index in [0.29, 0.717) is 12.5 Å². The number of hydrogen-bond acceptors (Lipinski definition) is 2. The van der Waals surface area contributed by atoms with Gasteiger partial charge in [-0.25, -0.2) is 9.98 Å². The number of benzene rings is 2. The van der Waals surface area contributed by atoms with E-state index in [2.05, 4.69) is 68.4 Å². The molecule has 1 heterocycles. The van der Waals surface area contributed by atoms with Gasteiger partial charge in [-0.1, -0.05) is 42.5 Å². The molecule has 1 aliphatic carbocycles. The van der Waals surface area contributed by atoms with Crippen molar-refractivity contribution in [1.82, 2.24) is 9.55 Å². The molecule has 30 heavy (non-hydrogen) atoms. The van der Waals surface area contributed by atoms with Crippen molar-refractivity contribution in [3.05, 3.63) is 83.4 Å². The third-order valence-electron chi connectivity index (χ3n) is 5.56. The van der Waals surface area contributed by atoms with Gasteiger partial charge < -0.3 is 15.6 Å². The average molecular weight is 515 g/mol. The second-order valence-electron chi connectivity index (χ2n) is 7.60. The minimum Gasteiger partial charge on any atom is -0.370 e. The topological polar surface area (TPSA) is 68.2 Å². The molecule has 0 amide bonds. The van der Waals surface area contributed by atoms with E-state index in [4.69, 9.17) is 5.73 Å². The van der Waals surface area contributed by atoms with Gasteiger partial charge in [-0.3, -0.25) is 0 Å². The van der Waals surface area contributed by atoms with Gasteiger partial charge in [0, 0.05) is 24.6 Å². The lowest BCUT2D eigenvalue weighted by Gasteiger charge is -2.19. The Balaban J connectivity index is 0.00000256. The van der Waals surface area contributed by atoms with Gasteiger partial charge in [0.2, 0.25) is 0 Å². The highest BCUT2D eigenvalue weighted by Crippen LogP contribution is 2.27. The van der Waals surface area contributed by atoms with Gasteiger partial charge in [-0.15, -0.1) is 24.0 Å². The highest BCUT2D eigenvalue weighted by molar-refractivity contribution is 14.0. The smallest absolute Gasteiger partial charge is 0.193 e. The van der Waals surface area contributed by atoms with Crippen LogP contribution in [-0.4, -0.2) is 15.5 Å². The average Bonchev–Trinajstić information content (AvgIpc) is 3.21. The van der Waals surface area contributed by atoms with Crippen molar-refractivity contribution in [3.63, 3.8) is 0 Å². The van der Waals surface area contributed by atoms with Crippen molar-refractivity contribution in [2.75, 3.05) is 5.32 Å². The fraction of sp³-hybridized carbons (Fsp3) is 0.333. The Hall–Kier alpha value is -2.35. The predicted octanol–water partition coefficient (Wildman–Crippen LogP) is 4.94. The summed E-state index contributed by atoms with van der Waals surface area (Å²) < 4.78 is 2.17. The zero-order chi connectivity index (χ0) is 19.9. The summed E-state index contributed by atoms with van der Waals surface area (Å²) in [6.45, 7) is 1.41. The molecule has 1 aromatic heterocycles. The fourth-order valence-electron chi connectivity index (χ4n) is 4.03. The Morgan fingerprint density at radius 3 is 2.77 bits per heavy atom. The molecule has 3 N–H and O–H groups in total. The van der Waals surface area contributed by atoms with Crippen molar-refractivity contribution >= 4 is 35.6 Å². The lowest BCUT2D eigenvalue weighted by molar-refractivity contribution is 0.611. The van der Waals surface area contributed by atoms with Gasteiger partial charge in [-0.05, 0) is 61.3 Å². The number of hydrogen-bond donors (Lipinski definition) is 2. The van der Waals surface area contributed by atoms with Crippen LogP contribution in [0.15, 0.2) is 65.9 Å². The molecule has 0 saturated heterocycles. The highest BCUT2D eigenvalue weighted by Gasteiger charge is 2.13. The van der Waals surface area contributed by atoms with Crippen LogP contribution in [-0.2, 0) is 32.4 Å². The first kappa shape index (κ1) is 22.3. The number of fused-ring (bicyclic) bond motifs is 1. The number of aryl methyl sites for hydroxylation is 3. The van der Waals surface area contributed by atoms with Crippen molar-refractivity contribution in [3.8, 4) is 0 Å². The summed E-state index contributed by atoms with van der Waals surface area (Å²) in [6, 6.07) is 17.0. The summed E-state index contributed by atoms with van der Waals surface area (Å²) in [5.41, 5.74) is 11.5. The molecule has 0 bridgehead atoms. The number of nitrogens with zero attached hydrogens (tertiary/aromatic N) is 3. The third kappa shape index (κ3) is 5.84. The molecule has 1 aliphatic rings. The van der Waals surface area contributed by atoms with Gasteiger partial charge in [0.25, 0.3) is 0 Å². The maximum atomic E-state index is 6.18. The molecule has 0 fully saturated rings. The summed E-state index contributed by atoms with van der Waals surface area (Å²) in [7, 11) is 0. The van der Waals surface area contributed by atoms with Crippen molar-refractivity contribution in [2.24, 2.45) is 10.7 Å². The standard InChI is InChI=1S/C24H29N5.HI/c25-24(28-22-14-6-12-20-11-4-5-13-21(20)22)27-18-23-26-15-17-29(23)16-7-10-19-8-2-1-3-9-19;/h1-3,6,8-9,12,14-15,17H,4-5,7,10-11,13,16,18H2,(H3,25,27,28);1H. The fourth-order valence-corrected chi connectivity index (χ4v) is 4.03. The molecule has 158 valence electrons. The van der Waals surface area contributed by atoms with Crippen LogP contribution in [0, 0.1) is 0 Å². The molecule has 0 aliphatic heterocycles. The number of rotatable bonds is 7. The van der Waals surface area contributed by atoms with Crippen LogP contribution in [0.2, 0.25) is 0 Å². The zero-order valence-corrected chi connectivity index (χ0v) is 19.6. The van der Waals surface area contributed by atoms with Crippen LogP contribution in [0.5, 0.6) is 0 Å². The minimum absolute atomic E-state index is 0. The Morgan fingerprint density at radius 2 is 1.90 bits per heavy atom. The maximum Gasteiger partial charge on any atom is 0.193 e. The summed E-state index contributed by atoms with van der Waals surface area (Å²) in [5.74, 6) is 1.39. The van der Waals surface area contributed by atoms with Crippen LogP contribution in [0.25, 0.3) is 0 Å². The highest BCUT2D eigenvalue weighted by atomic mass is 127. The Kier molecular flexibility index (Phi) is 8.30. The van der Waals surface area contributed by atoms with E-state index >= 15 is 0 Å². The van der Waals surface area contributed by atoms with E-state index in [1.54, 1.807) is 0 Å². The van der Waals surface area contributed by atoms with Gasteiger partial charge >= 0.3 is 0 Å². The quantitative estimate of drug-likeness (QED) is 0.266. The van der Waals surface area contributed by atoms with Crippen LogP contribution >= 0.6 is 24.0 Å². The van der Waals surface area contributed by atoms with Crippen LogP contribution in [0.1, 0.15) is 41.8 Å². The first-order valence-corrected chi connectivity index (χ1v) is 10.5. The third-order valence-corrected chi connectivity index (χ3v) is 5.56. The molecule has 0 unspecified atom stereocenters. The van der Waals surface area contributed by atoms with E-state index in [-0.39, 0.29) is 24.0 Å². The van der Waals surface area contributed by atoms with E-state index in [0.717, 1.165) is 43.7 Å². The van der Waals surface area contributed by atoms with Crippen molar-refractivity contribution < 1.29 is 0 Å². The van der Waals surface area contributed by atoms with E-state index in [1.165, 1.54) is 29.5 Å². The minimum atomic E-state index is 0. The van der Waals surface area contributed by atoms with Gasteiger partial charge in [0.05, 0.1) is 0 Å². The lowest BCUT2D eigenvalue weighted by atomic mass is 9.90. The summed E-state index contributed by atoms with van der Waals surface area (Å²) in [6.07, 6.45) is 10.8. The number of imidazole rings is 1. The number of guanidine groups is 1. The summed E-state index contributed by atoms with van der Waals surface area (Å²) in [4.78, 5) is 9.00. The first-order chi connectivity index (χ1) is 14.3. The Morgan fingerprint density at radius 1 is 1.07 bits per heavy atom. The predicted molar refractivity (Wildman–Crippen MR) is 134 cm³/mol. The lowest BCUT2D eigenvalue weighted by Crippen LogP contribution is -2.24. The maximum absolute atomic E-state index is 6.18. The molecule has 0 atom stereocenters. The van der Waals surface area contributed by atoms with E-state index in [1.807, 2.05) is 12.4 Å². The molecule has 4 rings (SSSR count). The van der Waals surface area contributed by atoms with Crippen LogP contribution < -0.4 is 11.1 Å². The molecule has 5 nitrogen and oxygen atoms in total. The second kappa shape index (κ2) is 11.2.